The molecule has 2 N–H and O–H groups in total. The molecule has 0 saturated carbocycles. The monoisotopic (exact) mass is 397 g/mol. The number of rotatable bonds is 5. The van der Waals surface area contributed by atoms with Crippen LogP contribution in [0.25, 0.3) is 10.8 Å². The Morgan fingerprint density at radius 1 is 1.07 bits per heavy atom. The van der Waals surface area contributed by atoms with Crippen LogP contribution in [-0.4, -0.2) is 34.8 Å². The molecule has 0 bridgehead atoms. The quantitative estimate of drug-likeness (QED) is 0.695. The maximum atomic E-state index is 13.4. The van der Waals surface area contributed by atoms with E-state index in [1.165, 1.54) is 6.20 Å². The highest BCUT2D eigenvalue weighted by atomic mass is 19.3. The van der Waals surface area contributed by atoms with Gasteiger partial charge in [0.05, 0.1) is 5.56 Å². The molecular formula is C22H21F2N3O2. The third kappa shape index (κ3) is 4.35. The molecule has 0 aliphatic carbocycles. The van der Waals surface area contributed by atoms with Crippen molar-refractivity contribution in [3.05, 3.63) is 65.9 Å². The SMILES string of the molecule is NC(=O)c1ccc(Oc2ccc(CN3CCC(F)(F)CC3)c3ccccc23)nc1. The maximum Gasteiger partial charge on any atom is 0.250 e. The second-order valence-electron chi connectivity index (χ2n) is 7.25. The number of hydrogen-bond donors (Lipinski definition) is 1. The first-order valence-corrected chi connectivity index (χ1v) is 9.46. The van der Waals surface area contributed by atoms with Crippen molar-refractivity contribution in [2.75, 3.05) is 13.1 Å². The first kappa shape index (κ1) is 19.3. The van der Waals surface area contributed by atoms with Crippen LogP contribution in [0.3, 0.4) is 0 Å². The minimum atomic E-state index is -2.55. The molecule has 2 aromatic carbocycles. The largest absolute Gasteiger partial charge is 0.438 e. The lowest BCUT2D eigenvalue weighted by Gasteiger charge is -2.32. The van der Waals surface area contributed by atoms with Gasteiger partial charge in [0.25, 0.3) is 5.92 Å². The average Bonchev–Trinajstić information content (AvgIpc) is 2.71. The summed E-state index contributed by atoms with van der Waals surface area (Å²) in [6.07, 6.45) is 1.18. The van der Waals surface area contributed by atoms with Crippen LogP contribution in [0.2, 0.25) is 0 Å². The third-order valence-corrected chi connectivity index (χ3v) is 5.19. The van der Waals surface area contributed by atoms with Gasteiger partial charge in [-0.15, -0.1) is 0 Å². The van der Waals surface area contributed by atoms with E-state index in [0.29, 0.717) is 36.8 Å². The molecule has 150 valence electrons. The van der Waals surface area contributed by atoms with Gasteiger partial charge in [-0.3, -0.25) is 9.69 Å². The van der Waals surface area contributed by atoms with Gasteiger partial charge in [-0.1, -0.05) is 30.3 Å². The number of primary amides is 1. The lowest BCUT2D eigenvalue weighted by molar-refractivity contribution is -0.0565. The molecule has 1 amide bonds. The fourth-order valence-electron chi connectivity index (χ4n) is 3.54. The van der Waals surface area contributed by atoms with Crippen molar-refractivity contribution in [2.45, 2.75) is 25.3 Å². The fourth-order valence-corrected chi connectivity index (χ4v) is 3.54. The van der Waals surface area contributed by atoms with Crippen LogP contribution in [0, 0.1) is 0 Å². The highest BCUT2D eigenvalue weighted by molar-refractivity contribution is 5.92. The van der Waals surface area contributed by atoms with E-state index in [1.807, 2.05) is 36.4 Å². The van der Waals surface area contributed by atoms with E-state index >= 15 is 0 Å². The topological polar surface area (TPSA) is 68.5 Å². The minimum absolute atomic E-state index is 0.0981. The Hall–Kier alpha value is -3.06. The molecule has 0 atom stereocenters. The Bertz CT molecular complexity index is 1030. The Labute approximate surface area is 167 Å². The van der Waals surface area contributed by atoms with Gasteiger partial charge in [0.1, 0.15) is 5.75 Å². The number of benzene rings is 2. The number of piperidine rings is 1. The van der Waals surface area contributed by atoms with Crippen molar-refractivity contribution in [3.8, 4) is 11.6 Å². The van der Waals surface area contributed by atoms with Crippen LogP contribution >= 0.6 is 0 Å². The number of pyridine rings is 1. The molecular weight excluding hydrogens is 376 g/mol. The molecule has 1 aliphatic heterocycles. The van der Waals surface area contributed by atoms with Crippen LogP contribution in [0.15, 0.2) is 54.7 Å². The summed E-state index contributed by atoms with van der Waals surface area (Å²) in [6, 6.07) is 14.8. The van der Waals surface area contributed by atoms with Gasteiger partial charge in [0.15, 0.2) is 0 Å². The van der Waals surface area contributed by atoms with Gasteiger partial charge in [-0.2, -0.15) is 0 Å². The number of fused-ring (bicyclic) bond motifs is 1. The van der Waals surface area contributed by atoms with Crippen molar-refractivity contribution < 1.29 is 18.3 Å². The number of hydrogen-bond acceptors (Lipinski definition) is 4. The molecule has 0 radical (unpaired) electrons. The number of nitrogens with zero attached hydrogens (tertiary/aromatic N) is 2. The molecule has 1 fully saturated rings. The summed E-state index contributed by atoms with van der Waals surface area (Å²) in [7, 11) is 0. The second kappa shape index (κ2) is 7.75. The summed E-state index contributed by atoms with van der Waals surface area (Å²) in [5.74, 6) is -2.11. The highest BCUT2D eigenvalue weighted by Gasteiger charge is 2.33. The van der Waals surface area contributed by atoms with Gasteiger partial charge in [0.2, 0.25) is 11.8 Å². The van der Waals surface area contributed by atoms with Crippen LogP contribution in [0.4, 0.5) is 8.78 Å². The molecule has 5 nitrogen and oxygen atoms in total. The van der Waals surface area contributed by atoms with E-state index in [0.717, 1.165) is 16.3 Å². The van der Waals surface area contributed by atoms with Gasteiger partial charge >= 0.3 is 0 Å². The number of amides is 1. The molecule has 4 rings (SSSR count). The fraction of sp³-hybridized carbons (Fsp3) is 0.273. The standard InChI is InChI=1S/C22H21F2N3O2/c23-22(24)9-11-27(12-10-22)14-16-5-7-19(18-4-2-1-3-17(16)18)29-20-8-6-15(13-26-20)21(25)28/h1-8,13H,9-12,14H2,(H2,25,28). The highest BCUT2D eigenvalue weighted by Crippen LogP contribution is 2.33. The first-order valence-electron chi connectivity index (χ1n) is 9.46. The van der Waals surface area contributed by atoms with E-state index < -0.39 is 11.8 Å². The summed E-state index contributed by atoms with van der Waals surface area (Å²) in [5, 5.41) is 1.92. The first-order chi connectivity index (χ1) is 13.9. The minimum Gasteiger partial charge on any atom is -0.438 e. The summed E-state index contributed by atoms with van der Waals surface area (Å²) in [6.45, 7) is 1.38. The molecule has 3 aromatic rings. The zero-order valence-electron chi connectivity index (χ0n) is 15.8. The van der Waals surface area contributed by atoms with Crippen LogP contribution < -0.4 is 10.5 Å². The maximum absolute atomic E-state index is 13.4. The predicted octanol–water partition coefficient (Wildman–Crippen LogP) is 4.36. The van der Waals surface area contributed by atoms with Gasteiger partial charge in [0, 0.05) is 50.1 Å². The van der Waals surface area contributed by atoms with E-state index in [4.69, 9.17) is 10.5 Å². The number of carbonyl (C=O) groups is 1. The Morgan fingerprint density at radius 2 is 1.79 bits per heavy atom. The number of nitrogens with two attached hydrogens (primary N) is 1. The molecule has 2 heterocycles. The van der Waals surface area contributed by atoms with E-state index in [9.17, 15) is 13.6 Å². The summed E-state index contributed by atoms with van der Waals surface area (Å²) in [5.41, 5.74) is 6.61. The van der Waals surface area contributed by atoms with Gasteiger partial charge < -0.3 is 10.5 Å². The third-order valence-electron chi connectivity index (χ3n) is 5.19. The van der Waals surface area contributed by atoms with E-state index in [2.05, 4.69) is 9.88 Å². The van der Waals surface area contributed by atoms with Gasteiger partial charge in [-0.25, -0.2) is 13.8 Å². The number of halogens is 2. The van der Waals surface area contributed by atoms with Crippen LogP contribution in [0.1, 0.15) is 28.8 Å². The average molecular weight is 397 g/mol. The summed E-state index contributed by atoms with van der Waals surface area (Å²) in [4.78, 5) is 17.4. The molecule has 1 aliphatic rings. The zero-order valence-corrected chi connectivity index (χ0v) is 15.8. The molecule has 1 saturated heterocycles. The lowest BCUT2D eigenvalue weighted by atomic mass is 10.0. The summed E-state index contributed by atoms with van der Waals surface area (Å²) < 4.78 is 32.8. The van der Waals surface area contributed by atoms with E-state index in [-0.39, 0.29) is 12.8 Å². The Balaban J connectivity index is 1.57. The Kier molecular flexibility index (Phi) is 5.15. The molecule has 0 unspecified atom stereocenters. The lowest BCUT2D eigenvalue weighted by Crippen LogP contribution is -2.38. The Morgan fingerprint density at radius 3 is 2.45 bits per heavy atom. The van der Waals surface area contributed by atoms with Crippen molar-refractivity contribution in [2.24, 2.45) is 5.73 Å². The van der Waals surface area contributed by atoms with Crippen LogP contribution in [-0.2, 0) is 6.54 Å². The summed E-state index contributed by atoms with van der Waals surface area (Å²) >= 11 is 0. The number of ether oxygens (including phenoxy) is 1. The normalized spacial score (nSPS) is 16.6. The van der Waals surface area contributed by atoms with Crippen molar-refractivity contribution in [3.63, 3.8) is 0 Å². The number of likely N-dealkylation sites (tertiary alicyclic amines) is 1. The molecule has 29 heavy (non-hydrogen) atoms. The second-order valence-corrected chi connectivity index (χ2v) is 7.25. The van der Waals surface area contributed by atoms with Crippen LogP contribution in [0.5, 0.6) is 11.6 Å². The number of carbonyl (C=O) groups excluding carboxylic acids is 1. The van der Waals surface area contributed by atoms with Crippen molar-refractivity contribution in [1.82, 2.24) is 9.88 Å². The smallest absolute Gasteiger partial charge is 0.250 e. The van der Waals surface area contributed by atoms with Crippen molar-refractivity contribution >= 4 is 16.7 Å². The predicted molar refractivity (Wildman–Crippen MR) is 106 cm³/mol. The zero-order chi connectivity index (χ0) is 20.4. The van der Waals surface area contributed by atoms with E-state index in [1.54, 1.807) is 12.1 Å². The number of aromatic nitrogens is 1. The molecule has 0 spiro atoms. The molecule has 7 heteroatoms. The van der Waals surface area contributed by atoms with Gasteiger partial charge in [-0.05, 0) is 23.1 Å². The number of alkyl halides is 2. The molecule has 1 aromatic heterocycles. The van der Waals surface area contributed by atoms with Crippen molar-refractivity contribution in [1.29, 1.82) is 0 Å².